The molecule has 0 saturated carbocycles. The number of ether oxygens (including phenoxy) is 4. The molecule has 0 aliphatic heterocycles. The van der Waals surface area contributed by atoms with E-state index in [1.54, 1.807) is 6.26 Å². The highest BCUT2D eigenvalue weighted by Gasteiger charge is 2.06. The average molecular weight is 429 g/mol. The van der Waals surface area contributed by atoms with Gasteiger partial charge in [0.15, 0.2) is 13.1 Å². The molecule has 0 aliphatic rings. The van der Waals surface area contributed by atoms with Crippen molar-refractivity contribution in [3.63, 3.8) is 0 Å². The summed E-state index contributed by atoms with van der Waals surface area (Å²) in [6, 6.07) is 0. The van der Waals surface area contributed by atoms with Gasteiger partial charge >= 0.3 is 0 Å². The SMILES string of the molecule is CCCCCCCOCOC=CCCCCCCCCCCCC(OCC)OCC. The molecule has 4 nitrogen and oxygen atoms in total. The maximum Gasteiger partial charge on any atom is 0.188 e. The minimum absolute atomic E-state index is 0.00676. The standard InChI is InChI=1S/C26H52O4/c1-4-7-8-17-20-23-27-25-28-24-21-18-15-13-11-9-10-12-14-16-19-22-26(29-5-2)30-6-3/h21,24,26H,4-20,22-23,25H2,1-3H3. The third-order valence-corrected chi connectivity index (χ3v) is 5.25. The van der Waals surface area contributed by atoms with Crippen LogP contribution in [0, 0.1) is 0 Å². The van der Waals surface area contributed by atoms with Crippen molar-refractivity contribution in [1.82, 2.24) is 0 Å². The van der Waals surface area contributed by atoms with Crippen LogP contribution in [0.25, 0.3) is 0 Å². The van der Waals surface area contributed by atoms with Crippen LogP contribution in [-0.2, 0) is 18.9 Å². The van der Waals surface area contributed by atoms with Crippen LogP contribution in [-0.4, -0.2) is 32.9 Å². The molecule has 30 heavy (non-hydrogen) atoms. The van der Waals surface area contributed by atoms with E-state index >= 15 is 0 Å². The molecule has 0 saturated heterocycles. The minimum Gasteiger partial charge on any atom is -0.475 e. The first-order valence-electron chi connectivity index (χ1n) is 12.9. The van der Waals surface area contributed by atoms with Crippen molar-refractivity contribution in [3.05, 3.63) is 12.3 Å². The van der Waals surface area contributed by atoms with Crippen molar-refractivity contribution in [2.75, 3.05) is 26.6 Å². The maximum absolute atomic E-state index is 5.59. The summed E-state index contributed by atoms with van der Waals surface area (Å²) in [4.78, 5) is 0. The fraction of sp³-hybridized carbons (Fsp3) is 0.923. The molecule has 0 aromatic heterocycles. The zero-order chi connectivity index (χ0) is 22.0. The fourth-order valence-corrected chi connectivity index (χ4v) is 3.49. The van der Waals surface area contributed by atoms with Crippen LogP contribution in [0.15, 0.2) is 12.3 Å². The van der Waals surface area contributed by atoms with E-state index in [1.807, 2.05) is 13.8 Å². The monoisotopic (exact) mass is 428 g/mol. The molecule has 0 fully saturated rings. The van der Waals surface area contributed by atoms with Gasteiger partial charge in [-0.15, -0.1) is 0 Å². The smallest absolute Gasteiger partial charge is 0.188 e. The lowest BCUT2D eigenvalue weighted by molar-refractivity contribution is -0.140. The van der Waals surface area contributed by atoms with E-state index in [9.17, 15) is 0 Å². The molecule has 0 heterocycles. The van der Waals surface area contributed by atoms with E-state index in [0.29, 0.717) is 6.79 Å². The number of hydrogen-bond donors (Lipinski definition) is 0. The molecule has 0 spiro atoms. The number of hydrogen-bond acceptors (Lipinski definition) is 4. The first kappa shape index (κ1) is 29.4. The summed E-state index contributed by atoms with van der Waals surface area (Å²) in [5, 5.41) is 0. The van der Waals surface area contributed by atoms with Gasteiger partial charge in [-0.05, 0) is 52.0 Å². The Kier molecular flexibility index (Phi) is 25.9. The summed E-state index contributed by atoms with van der Waals surface area (Å²) in [5.41, 5.74) is 0. The van der Waals surface area contributed by atoms with Crippen LogP contribution in [0.4, 0.5) is 0 Å². The Labute approximate surface area is 188 Å². The topological polar surface area (TPSA) is 36.9 Å². The molecule has 4 heteroatoms. The van der Waals surface area contributed by atoms with Gasteiger partial charge in [-0.2, -0.15) is 0 Å². The lowest BCUT2D eigenvalue weighted by Gasteiger charge is -2.16. The van der Waals surface area contributed by atoms with E-state index < -0.39 is 0 Å². The fourth-order valence-electron chi connectivity index (χ4n) is 3.49. The van der Waals surface area contributed by atoms with Crippen LogP contribution < -0.4 is 0 Å². The predicted octanol–water partition coefficient (Wildman–Crippen LogP) is 8.15. The van der Waals surface area contributed by atoms with Crippen molar-refractivity contribution in [2.45, 2.75) is 130 Å². The molecule has 180 valence electrons. The normalized spacial score (nSPS) is 11.7. The number of unbranched alkanes of at least 4 members (excludes halogenated alkanes) is 13. The zero-order valence-corrected chi connectivity index (χ0v) is 20.5. The first-order valence-corrected chi connectivity index (χ1v) is 12.9. The van der Waals surface area contributed by atoms with Crippen molar-refractivity contribution >= 4 is 0 Å². The summed E-state index contributed by atoms with van der Waals surface area (Å²) < 4.78 is 22.0. The quantitative estimate of drug-likeness (QED) is 0.0835. The Bertz CT molecular complexity index is 327. The molecular formula is C26H52O4. The molecule has 0 radical (unpaired) electrons. The van der Waals surface area contributed by atoms with Gasteiger partial charge in [0.1, 0.15) is 0 Å². The minimum atomic E-state index is 0.00676. The maximum atomic E-state index is 5.59. The lowest BCUT2D eigenvalue weighted by atomic mass is 10.1. The summed E-state index contributed by atoms with van der Waals surface area (Å²) in [7, 11) is 0. The van der Waals surface area contributed by atoms with E-state index in [0.717, 1.165) is 39.1 Å². The second-order valence-electron chi connectivity index (χ2n) is 8.08. The summed E-state index contributed by atoms with van der Waals surface area (Å²) in [6.07, 6.45) is 24.3. The van der Waals surface area contributed by atoms with Gasteiger partial charge in [0, 0.05) is 13.2 Å². The molecule has 0 rings (SSSR count). The van der Waals surface area contributed by atoms with Crippen LogP contribution in [0.2, 0.25) is 0 Å². The first-order chi connectivity index (χ1) is 14.8. The summed E-state index contributed by atoms with van der Waals surface area (Å²) in [6.45, 7) is 8.99. The highest BCUT2D eigenvalue weighted by atomic mass is 16.7. The highest BCUT2D eigenvalue weighted by molar-refractivity contribution is 4.72. The third-order valence-electron chi connectivity index (χ3n) is 5.25. The van der Waals surface area contributed by atoms with Crippen LogP contribution in [0.3, 0.4) is 0 Å². The van der Waals surface area contributed by atoms with Crippen LogP contribution in [0.1, 0.15) is 124 Å². The van der Waals surface area contributed by atoms with Gasteiger partial charge in [0.25, 0.3) is 0 Å². The molecule has 0 atom stereocenters. The second-order valence-corrected chi connectivity index (χ2v) is 8.08. The highest BCUT2D eigenvalue weighted by Crippen LogP contribution is 2.13. The van der Waals surface area contributed by atoms with E-state index in [1.165, 1.54) is 83.5 Å². The zero-order valence-electron chi connectivity index (χ0n) is 20.5. The number of allylic oxidation sites excluding steroid dienone is 1. The largest absolute Gasteiger partial charge is 0.475 e. The molecule has 0 aliphatic carbocycles. The van der Waals surface area contributed by atoms with Gasteiger partial charge in [0.2, 0.25) is 0 Å². The number of rotatable bonds is 25. The van der Waals surface area contributed by atoms with Crippen molar-refractivity contribution in [1.29, 1.82) is 0 Å². The van der Waals surface area contributed by atoms with Gasteiger partial charge in [-0.1, -0.05) is 77.6 Å². The molecule has 0 aromatic rings. The Morgan fingerprint density at radius 1 is 0.633 bits per heavy atom. The molecular weight excluding hydrogens is 376 g/mol. The van der Waals surface area contributed by atoms with Gasteiger partial charge in [-0.3, -0.25) is 0 Å². The molecule has 0 bridgehead atoms. The lowest BCUT2D eigenvalue weighted by Crippen LogP contribution is -2.17. The van der Waals surface area contributed by atoms with Crippen LogP contribution in [0.5, 0.6) is 0 Å². The van der Waals surface area contributed by atoms with Crippen molar-refractivity contribution in [3.8, 4) is 0 Å². The Morgan fingerprint density at radius 2 is 1.20 bits per heavy atom. The summed E-state index contributed by atoms with van der Waals surface area (Å²) >= 11 is 0. The van der Waals surface area contributed by atoms with Gasteiger partial charge in [-0.25, -0.2) is 0 Å². The van der Waals surface area contributed by atoms with Crippen molar-refractivity contribution in [2.24, 2.45) is 0 Å². The second kappa shape index (κ2) is 26.5. The van der Waals surface area contributed by atoms with E-state index in [-0.39, 0.29) is 6.29 Å². The predicted molar refractivity (Wildman–Crippen MR) is 128 cm³/mol. The third kappa shape index (κ3) is 23.7. The van der Waals surface area contributed by atoms with Gasteiger partial charge < -0.3 is 18.9 Å². The van der Waals surface area contributed by atoms with E-state index in [2.05, 4.69) is 13.0 Å². The molecule has 0 amide bonds. The molecule has 0 unspecified atom stereocenters. The Balaban J connectivity index is 3.19. The van der Waals surface area contributed by atoms with Crippen molar-refractivity contribution < 1.29 is 18.9 Å². The molecule has 0 N–H and O–H groups in total. The summed E-state index contributed by atoms with van der Waals surface area (Å²) in [5.74, 6) is 0. The Hall–Kier alpha value is -0.580. The van der Waals surface area contributed by atoms with Crippen LogP contribution >= 0.6 is 0 Å². The van der Waals surface area contributed by atoms with Gasteiger partial charge in [0.05, 0.1) is 12.9 Å². The average Bonchev–Trinajstić information content (AvgIpc) is 2.75. The molecule has 0 aromatic carbocycles. The Morgan fingerprint density at radius 3 is 1.83 bits per heavy atom. The van der Waals surface area contributed by atoms with E-state index in [4.69, 9.17) is 18.9 Å².